The zero-order valence-corrected chi connectivity index (χ0v) is 11.9. The maximum Gasteiger partial charge on any atom is 0.127 e. The SMILES string of the molecule is C=C(/C=C\C(F)CC)C1=CCOc2ccc(OC)cc21. The molecule has 0 radical (unpaired) electrons. The molecule has 1 heterocycles. The minimum Gasteiger partial charge on any atom is -0.497 e. The fourth-order valence-electron chi connectivity index (χ4n) is 2.05. The first-order chi connectivity index (χ1) is 9.65. The number of hydrogen-bond donors (Lipinski definition) is 0. The second-order valence-electron chi connectivity index (χ2n) is 4.60. The van der Waals surface area contributed by atoms with Crippen molar-refractivity contribution in [3.63, 3.8) is 0 Å². The average molecular weight is 274 g/mol. The van der Waals surface area contributed by atoms with E-state index in [1.807, 2.05) is 31.2 Å². The molecular weight excluding hydrogens is 255 g/mol. The zero-order chi connectivity index (χ0) is 14.5. The number of methoxy groups -OCH3 is 1. The highest BCUT2D eigenvalue weighted by Gasteiger charge is 2.16. The summed E-state index contributed by atoms with van der Waals surface area (Å²) in [6.45, 7) is 6.33. The Hall–Kier alpha value is -2.03. The van der Waals surface area contributed by atoms with E-state index in [4.69, 9.17) is 9.47 Å². The summed E-state index contributed by atoms with van der Waals surface area (Å²) in [6.07, 6.45) is 4.76. The summed E-state index contributed by atoms with van der Waals surface area (Å²) in [4.78, 5) is 0. The van der Waals surface area contributed by atoms with Gasteiger partial charge in [0.25, 0.3) is 0 Å². The molecule has 0 spiro atoms. The molecule has 1 atom stereocenters. The number of ether oxygens (including phenoxy) is 2. The van der Waals surface area contributed by atoms with Crippen LogP contribution in [0.3, 0.4) is 0 Å². The largest absolute Gasteiger partial charge is 0.497 e. The van der Waals surface area contributed by atoms with Gasteiger partial charge in [0.05, 0.1) is 7.11 Å². The van der Waals surface area contributed by atoms with Crippen LogP contribution in [-0.4, -0.2) is 19.9 Å². The quantitative estimate of drug-likeness (QED) is 0.744. The second kappa shape index (κ2) is 6.42. The molecule has 2 nitrogen and oxygen atoms in total. The molecule has 1 aromatic carbocycles. The second-order valence-corrected chi connectivity index (χ2v) is 4.60. The fourth-order valence-corrected chi connectivity index (χ4v) is 2.05. The Morgan fingerprint density at radius 2 is 2.35 bits per heavy atom. The van der Waals surface area contributed by atoms with Crippen LogP contribution in [0, 0.1) is 0 Å². The van der Waals surface area contributed by atoms with Crippen molar-refractivity contribution in [2.24, 2.45) is 0 Å². The molecule has 3 heteroatoms. The molecule has 1 unspecified atom stereocenters. The van der Waals surface area contributed by atoms with Gasteiger partial charge in [0.2, 0.25) is 0 Å². The van der Waals surface area contributed by atoms with Crippen molar-refractivity contribution in [1.82, 2.24) is 0 Å². The van der Waals surface area contributed by atoms with E-state index < -0.39 is 6.17 Å². The van der Waals surface area contributed by atoms with Gasteiger partial charge in [-0.15, -0.1) is 0 Å². The van der Waals surface area contributed by atoms with Gasteiger partial charge in [0.15, 0.2) is 0 Å². The van der Waals surface area contributed by atoms with Crippen molar-refractivity contribution < 1.29 is 13.9 Å². The van der Waals surface area contributed by atoms with Gasteiger partial charge >= 0.3 is 0 Å². The van der Waals surface area contributed by atoms with E-state index in [-0.39, 0.29) is 0 Å². The standard InChI is InChI=1S/C17H19FO2/c1-4-13(18)6-5-12(2)15-9-10-20-17-8-7-14(19-3)11-16(15)17/h5-9,11,13H,2,4,10H2,1,3H3/b6-5-. The van der Waals surface area contributed by atoms with E-state index in [1.165, 1.54) is 0 Å². The summed E-state index contributed by atoms with van der Waals surface area (Å²) < 4.78 is 24.1. The third-order valence-electron chi connectivity index (χ3n) is 3.25. The minimum atomic E-state index is -0.933. The van der Waals surface area contributed by atoms with Crippen molar-refractivity contribution in [3.05, 3.63) is 54.1 Å². The van der Waals surface area contributed by atoms with E-state index in [9.17, 15) is 4.39 Å². The maximum atomic E-state index is 13.3. The number of rotatable bonds is 5. The number of alkyl halides is 1. The van der Waals surface area contributed by atoms with Crippen molar-refractivity contribution >= 4 is 5.57 Å². The van der Waals surface area contributed by atoms with Crippen LogP contribution in [0.5, 0.6) is 11.5 Å². The molecule has 20 heavy (non-hydrogen) atoms. The van der Waals surface area contributed by atoms with Crippen LogP contribution in [0.4, 0.5) is 4.39 Å². The van der Waals surface area contributed by atoms with Crippen LogP contribution in [0.15, 0.2) is 48.6 Å². The first kappa shape index (κ1) is 14.4. The average Bonchev–Trinajstić information content (AvgIpc) is 2.50. The normalized spacial score (nSPS) is 15.2. The molecule has 2 rings (SSSR count). The molecule has 0 aliphatic carbocycles. The first-order valence-corrected chi connectivity index (χ1v) is 6.68. The lowest BCUT2D eigenvalue weighted by atomic mass is 9.95. The van der Waals surface area contributed by atoms with Crippen LogP contribution in [0.2, 0.25) is 0 Å². The van der Waals surface area contributed by atoms with Crippen LogP contribution in [0.1, 0.15) is 18.9 Å². The van der Waals surface area contributed by atoms with E-state index in [2.05, 4.69) is 6.58 Å². The van der Waals surface area contributed by atoms with Gasteiger partial charge in [-0.3, -0.25) is 0 Å². The van der Waals surface area contributed by atoms with Crippen molar-refractivity contribution in [3.8, 4) is 11.5 Å². The predicted octanol–water partition coefficient (Wildman–Crippen LogP) is 4.33. The van der Waals surface area contributed by atoms with E-state index in [0.717, 1.165) is 28.2 Å². The topological polar surface area (TPSA) is 18.5 Å². The summed E-state index contributed by atoms with van der Waals surface area (Å²) in [5.74, 6) is 1.55. The third-order valence-corrected chi connectivity index (χ3v) is 3.25. The molecule has 1 aromatic rings. The number of allylic oxidation sites excluding steroid dienone is 4. The van der Waals surface area contributed by atoms with Gasteiger partial charge in [0.1, 0.15) is 24.3 Å². The van der Waals surface area contributed by atoms with Gasteiger partial charge in [-0.25, -0.2) is 4.39 Å². The third kappa shape index (κ3) is 3.10. The summed E-state index contributed by atoms with van der Waals surface area (Å²) >= 11 is 0. The Labute approximate surface area is 119 Å². The highest BCUT2D eigenvalue weighted by molar-refractivity contribution is 5.85. The number of halogens is 1. The lowest BCUT2D eigenvalue weighted by Crippen LogP contribution is -2.05. The molecule has 0 amide bonds. The van der Waals surface area contributed by atoms with Crippen molar-refractivity contribution in [1.29, 1.82) is 0 Å². The summed E-state index contributed by atoms with van der Waals surface area (Å²) in [7, 11) is 1.62. The lowest BCUT2D eigenvalue weighted by molar-refractivity contribution is 0.355. The smallest absolute Gasteiger partial charge is 0.127 e. The Balaban J connectivity index is 2.28. The Bertz CT molecular complexity index is 558. The van der Waals surface area contributed by atoms with Crippen molar-refractivity contribution in [2.75, 3.05) is 13.7 Å². The van der Waals surface area contributed by atoms with Gasteiger partial charge in [-0.1, -0.05) is 25.7 Å². The molecule has 0 saturated heterocycles. The molecule has 1 aliphatic heterocycles. The van der Waals surface area contributed by atoms with Crippen LogP contribution < -0.4 is 9.47 Å². The Kier molecular flexibility index (Phi) is 4.61. The number of hydrogen-bond acceptors (Lipinski definition) is 2. The zero-order valence-electron chi connectivity index (χ0n) is 11.9. The molecule has 0 fully saturated rings. The monoisotopic (exact) mass is 274 g/mol. The highest BCUT2D eigenvalue weighted by atomic mass is 19.1. The summed E-state index contributed by atoms with van der Waals surface area (Å²) in [5.41, 5.74) is 2.67. The van der Waals surface area contributed by atoms with E-state index in [0.29, 0.717) is 13.0 Å². The number of benzene rings is 1. The molecular formula is C17H19FO2. The molecule has 0 saturated carbocycles. The fraction of sp³-hybridized carbons (Fsp3) is 0.294. The van der Waals surface area contributed by atoms with E-state index in [1.54, 1.807) is 19.3 Å². The first-order valence-electron chi connectivity index (χ1n) is 6.68. The van der Waals surface area contributed by atoms with Gasteiger partial charge in [0, 0.05) is 5.56 Å². The highest BCUT2D eigenvalue weighted by Crippen LogP contribution is 2.36. The lowest BCUT2D eigenvalue weighted by Gasteiger charge is -2.19. The number of fused-ring (bicyclic) bond motifs is 1. The van der Waals surface area contributed by atoms with Crippen LogP contribution in [-0.2, 0) is 0 Å². The van der Waals surface area contributed by atoms with Gasteiger partial charge < -0.3 is 9.47 Å². The maximum absolute atomic E-state index is 13.3. The van der Waals surface area contributed by atoms with Gasteiger partial charge in [-0.2, -0.15) is 0 Å². The van der Waals surface area contributed by atoms with E-state index >= 15 is 0 Å². The molecule has 0 N–H and O–H groups in total. The summed E-state index contributed by atoms with van der Waals surface area (Å²) in [6, 6.07) is 5.64. The van der Waals surface area contributed by atoms with Crippen LogP contribution in [0.25, 0.3) is 5.57 Å². The summed E-state index contributed by atoms with van der Waals surface area (Å²) in [5, 5.41) is 0. The molecule has 1 aliphatic rings. The van der Waals surface area contributed by atoms with Gasteiger partial charge in [-0.05, 0) is 41.8 Å². The van der Waals surface area contributed by atoms with Crippen LogP contribution >= 0.6 is 0 Å². The predicted molar refractivity (Wildman–Crippen MR) is 79.9 cm³/mol. The molecule has 0 aromatic heterocycles. The molecule has 0 bridgehead atoms. The Morgan fingerprint density at radius 1 is 1.55 bits per heavy atom. The Morgan fingerprint density at radius 3 is 3.05 bits per heavy atom. The van der Waals surface area contributed by atoms with Crippen molar-refractivity contribution in [2.45, 2.75) is 19.5 Å². The minimum absolute atomic E-state index is 0.469. The molecule has 106 valence electrons.